The van der Waals surface area contributed by atoms with Crippen LogP contribution in [0.1, 0.15) is 11.1 Å². The lowest BCUT2D eigenvalue weighted by atomic mass is 10.2. The number of hydrogen-bond acceptors (Lipinski definition) is 4. The fourth-order valence-electron chi connectivity index (χ4n) is 1.17. The van der Waals surface area contributed by atoms with E-state index in [-0.39, 0.29) is 5.15 Å². The van der Waals surface area contributed by atoms with Gasteiger partial charge < -0.3 is 4.74 Å². The molecule has 0 amide bonds. The van der Waals surface area contributed by atoms with E-state index < -0.39 is 0 Å². The Labute approximate surface area is 102 Å². The number of hydrogen-bond donors (Lipinski definition) is 0. The first-order valence-corrected chi connectivity index (χ1v) is 5.68. The van der Waals surface area contributed by atoms with Gasteiger partial charge in [0.1, 0.15) is 18.2 Å². The predicted molar refractivity (Wildman–Crippen MR) is 62.6 cm³/mol. The smallest absolute Gasteiger partial charge is 0.213 e. The molecular formula is C11H7ClN2OS. The molecule has 0 aliphatic rings. The molecule has 0 bridgehead atoms. The molecule has 0 N–H and O–H groups in total. The van der Waals surface area contributed by atoms with Gasteiger partial charge >= 0.3 is 0 Å². The van der Waals surface area contributed by atoms with Gasteiger partial charge in [0.2, 0.25) is 5.06 Å². The minimum Gasteiger partial charge on any atom is -0.477 e. The minimum atomic E-state index is 0.204. The molecule has 1 aromatic carbocycles. The summed E-state index contributed by atoms with van der Waals surface area (Å²) < 4.78 is 9.34. The normalized spacial score (nSPS) is 9.75. The lowest BCUT2D eigenvalue weighted by molar-refractivity contribution is 0.315. The summed E-state index contributed by atoms with van der Waals surface area (Å²) in [4.78, 5) is 0. The molecule has 0 spiro atoms. The lowest BCUT2D eigenvalue weighted by Gasteiger charge is -2.02. The Morgan fingerprint density at radius 2 is 2.12 bits per heavy atom. The number of nitriles is 1. The van der Waals surface area contributed by atoms with Gasteiger partial charge in [-0.3, -0.25) is 0 Å². The first-order valence-electron chi connectivity index (χ1n) is 4.53. The third kappa shape index (κ3) is 2.32. The van der Waals surface area contributed by atoms with Crippen LogP contribution in [0, 0.1) is 11.3 Å². The Kier molecular flexibility index (Phi) is 3.40. The van der Waals surface area contributed by atoms with E-state index in [1.54, 1.807) is 0 Å². The summed E-state index contributed by atoms with van der Waals surface area (Å²) in [6.45, 7) is 0.411. The quantitative estimate of drug-likeness (QED) is 0.840. The molecule has 0 saturated heterocycles. The molecule has 2 rings (SSSR count). The SMILES string of the molecule is N#Cc1c(Cl)nsc1OCc1ccccc1. The largest absolute Gasteiger partial charge is 0.477 e. The molecule has 3 nitrogen and oxygen atoms in total. The topological polar surface area (TPSA) is 45.9 Å². The molecule has 1 heterocycles. The summed E-state index contributed by atoms with van der Waals surface area (Å²) >= 11 is 6.82. The first kappa shape index (κ1) is 10.9. The van der Waals surface area contributed by atoms with Crippen molar-refractivity contribution in [2.45, 2.75) is 6.61 Å². The fraction of sp³-hybridized carbons (Fsp3) is 0.0909. The number of benzene rings is 1. The monoisotopic (exact) mass is 250 g/mol. The molecule has 1 aromatic heterocycles. The third-order valence-corrected chi connectivity index (χ3v) is 3.08. The van der Waals surface area contributed by atoms with Gasteiger partial charge in [0.15, 0.2) is 5.15 Å². The highest BCUT2D eigenvalue weighted by Crippen LogP contribution is 2.30. The van der Waals surface area contributed by atoms with Crippen LogP contribution in [0.5, 0.6) is 5.06 Å². The van der Waals surface area contributed by atoms with Gasteiger partial charge in [-0.05, 0) is 5.56 Å². The van der Waals surface area contributed by atoms with Crippen LogP contribution in [-0.4, -0.2) is 4.37 Å². The molecule has 0 radical (unpaired) electrons. The molecule has 0 unspecified atom stereocenters. The van der Waals surface area contributed by atoms with Crippen molar-refractivity contribution in [1.82, 2.24) is 4.37 Å². The zero-order chi connectivity index (χ0) is 11.4. The highest BCUT2D eigenvalue weighted by atomic mass is 35.5. The summed E-state index contributed by atoms with van der Waals surface area (Å²) in [6.07, 6.45) is 0. The standard InChI is InChI=1S/C11H7ClN2OS/c12-10-9(6-13)11(16-14-10)15-7-8-4-2-1-3-5-8/h1-5H,7H2. The Hall–Kier alpha value is -1.57. The molecule has 0 atom stereocenters. The fourth-order valence-corrected chi connectivity index (χ4v) is 2.06. The highest BCUT2D eigenvalue weighted by molar-refractivity contribution is 7.08. The Bertz CT molecular complexity index is 519. The Morgan fingerprint density at radius 1 is 1.38 bits per heavy atom. The number of rotatable bonds is 3. The van der Waals surface area contributed by atoms with E-state index in [4.69, 9.17) is 21.6 Å². The van der Waals surface area contributed by atoms with Crippen molar-refractivity contribution in [2.24, 2.45) is 0 Å². The molecule has 5 heteroatoms. The zero-order valence-corrected chi connectivity index (χ0v) is 9.76. The van der Waals surface area contributed by atoms with E-state index in [0.29, 0.717) is 17.2 Å². The average molecular weight is 251 g/mol. The highest BCUT2D eigenvalue weighted by Gasteiger charge is 2.12. The van der Waals surface area contributed by atoms with Gasteiger partial charge in [0.25, 0.3) is 0 Å². The second-order valence-corrected chi connectivity index (χ2v) is 4.12. The Morgan fingerprint density at radius 3 is 2.81 bits per heavy atom. The van der Waals surface area contributed by atoms with Crippen LogP contribution in [0.4, 0.5) is 0 Å². The van der Waals surface area contributed by atoms with Crippen molar-refractivity contribution in [3.8, 4) is 11.1 Å². The summed E-state index contributed by atoms with van der Waals surface area (Å²) in [7, 11) is 0. The summed E-state index contributed by atoms with van der Waals surface area (Å²) in [5.74, 6) is 0. The maximum absolute atomic E-state index is 8.84. The lowest BCUT2D eigenvalue weighted by Crippen LogP contribution is -1.94. The second kappa shape index (κ2) is 4.97. The number of aromatic nitrogens is 1. The number of halogens is 1. The van der Waals surface area contributed by atoms with Crippen LogP contribution in [0.15, 0.2) is 30.3 Å². The van der Waals surface area contributed by atoms with Crippen molar-refractivity contribution in [3.63, 3.8) is 0 Å². The predicted octanol–water partition coefficient (Wildman–Crippen LogP) is 3.25. The number of nitrogens with zero attached hydrogens (tertiary/aromatic N) is 2. The van der Waals surface area contributed by atoms with Gasteiger partial charge in [-0.2, -0.15) is 9.64 Å². The van der Waals surface area contributed by atoms with Crippen LogP contribution in [0.25, 0.3) is 0 Å². The molecule has 0 fully saturated rings. The maximum atomic E-state index is 8.84. The van der Waals surface area contributed by atoms with Crippen LogP contribution in [0.3, 0.4) is 0 Å². The van der Waals surface area contributed by atoms with Crippen molar-refractivity contribution in [2.75, 3.05) is 0 Å². The van der Waals surface area contributed by atoms with Gasteiger partial charge in [0.05, 0.1) is 0 Å². The molecule has 80 valence electrons. The van der Waals surface area contributed by atoms with Gasteiger partial charge in [-0.1, -0.05) is 41.9 Å². The van der Waals surface area contributed by atoms with E-state index in [1.807, 2.05) is 36.4 Å². The van der Waals surface area contributed by atoms with Crippen molar-refractivity contribution < 1.29 is 4.74 Å². The number of ether oxygens (including phenoxy) is 1. The van der Waals surface area contributed by atoms with E-state index in [2.05, 4.69) is 4.37 Å². The van der Waals surface area contributed by atoms with E-state index in [1.165, 1.54) is 0 Å². The zero-order valence-electron chi connectivity index (χ0n) is 8.18. The van der Waals surface area contributed by atoms with E-state index >= 15 is 0 Å². The molecule has 0 aliphatic heterocycles. The van der Waals surface area contributed by atoms with Gasteiger partial charge in [-0.15, -0.1) is 0 Å². The van der Waals surface area contributed by atoms with Gasteiger partial charge in [0, 0.05) is 11.5 Å². The van der Waals surface area contributed by atoms with Gasteiger partial charge in [-0.25, -0.2) is 0 Å². The molecule has 0 aliphatic carbocycles. The molecule has 16 heavy (non-hydrogen) atoms. The first-order chi connectivity index (χ1) is 7.81. The molecule has 2 aromatic rings. The third-order valence-electron chi connectivity index (χ3n) is 1.94. The summed E-state index contributed by atoms with van der Waals surface area (Å²) in [5, 5.41) is 9.51. The van der Waals surface area contributed by atoms with Crippen LogP contribution in [0.2, 0.25) is 5.15 Å². The van der Waals surface area contributed by atoms with Crippen LogP contribution in [-0.2, 0) is 6.61 Å². The maximum Gasteiger partial charge on any atom is 0.213 e. The van der Waals surface area contributed by atoms with Crippen LogP contribution >= 0.6 is 23.1 Å². The van der Waals surface area contributed by atoms with Crippen LogP contribution < -0.4 is 4.74 Å². The van der Waals surface area contributed by atoms with E-state index in [0.717, 1.165) is 17.1 Å². The van der Waals surface area contributed by atoms with Crippen molar-refractivity contribution >= 4 is 23.1 Å². The average Bonchev–Trinajstić information content (AvgIpc) is 2.68. The van der Waals surface area contributed by atoms with Crippen molar-refractivity contribution in [1.29, 1.82) is 5.26 Å². The molecule has 0 saturated carbocycles. The summed E-state index contributed by atoms with van der Waals surface area (Å²) in [6, 6.07) is 11.7. The van der Waals surface area contributed by atoms with Crippen molar-refractivity contribution in [3.05, 3.63) is 46.6 Å². The molecular weight excluding hydrogens is 244 g/mol. The summed E-state index contributed by atoms with van der Waals surface area (Å²) in [5.41, 5.74) is 1.35. The second-order valence-electron chi connectivity index (χ2n) is 3.02. The Balaban J connectivity index is 2.09. The van der Waals surface area contributed by atoms with E-state index in [9.17, 15) is 0 Å². The minimum absolute atomic E-state index is 0.204.